The molecule has 0 aliphatic rings. The molecule has 0 aliphatic heterocycles. The van der Waals surface area contributed by atoms with E-state index in [1.807, 2.05) is 0 Å². The molecular weight excluding hydrogens is 282 g/mol. The number of hydrogen-bond acceptors (Lipinski definition) is 6. The van der Waals surface area contributed by atoms with Crippen LogP contribution < -0.4 is 10.6 Å². The summed E-state index contributed by atoms with van der Waals surface area (Å²) in [6, 6.07) is -0.681. The maximum atomic E-state index is 12.2. The Labute approximate surface area is 121 Å². The summed E-state index contributed by atoms with van der Waals surface area (Å²) in [7, 11) is 3.09. The third kappa shape index (κ3) is 3.75. The minimum absolute atomic E-state index is 0.0509. The Bertz CT molecular complexity index is 489. The summed E-state index contributed by atoms with van der Waals surface area (Å²) in [5.74, 6) is -1.42. The Morgan fingerprint density at radius 3 is 2.75 bits per heavy atom. The first-order valence-corrected chi connectivity index (χ1v) is 6.89. The molecule has 1 amide bonds. The zero-order chi connectivity index (χ0) is 15.3. The lowest BCUT2D eigenvalue weighted by Gasteiger charge is -2.20. The molecule has 0 saturated carbocycles. The number of carboxylic acid groups (broad SMARTS) is 1. The Kier molecular flexibility index (Phi) is 6.05. The minimum Gasteiger partial charge on any atom is -0.478 e. The maximum absolute atomic E-state index is 12.2. The third-order valence-corrected chi connectivity index (χ3v) is 3.89. The first kappa shape index (κ1) is 16.5. The fourth-order valence-corrected chi connectivity index (χ4v) is 2.61. The van der Waals surface area contributed by atoms with Crippen molar-refractivity contribution in [3.8, 4) is 0 Å². The molecule has 0 saturated heterocycles. The number of likely N-dealkylation sites (N-methyl/N-ethyl adjacent to an activating group) is 1. The van der Waals surface area contributed by atoms with E-state index in [2.05, 4.69) is 4.37 Å². The van der Waals surface area contributed by atoms with Gasteiger partial charge in [-0.15, -0.1) is 0 Å². The van der Waals surface area contributed by atoms with Gasteiger partial charge >= 0.3 is 5.97 Å². The maximum Gasteiger partial charge on any atom is 0.340 e. The summed E-state index contributed by atoms with van der Waals surface area (Å²) < 4.78 is 8.89. The van der Waals surface area contributed by atoms with Crippen LogP contribution in [0, 0.1) is 6.92 Å². The van der Waals surface area contributed by atoms with Gasteiger partial charge in [-0.1, -0.05) is 0 Å². The summed E-state index contributed by atoms with van der Waals surface area (Å²) in [4.78, 5) is 24.6. The molecule has 8 heteroatoms. The highest BCUT2D eigenvalue weighted by Crippen LogP contribution is 2.28. The second kappa shape index (κ2) is 7.32. The number of aromatic carboxylic acids is 1. The van der Waals surface area contributed by atoms with E-state index in [9.17, 15) is 9.59 Å². The van der Waals surface area contributed by atoms with Gasteiger partial charge in [-0.2, -0.15) is 4.37 Å². The predicted octanol–water partition coefficient (Wildman–Crippen LogP) is 0.866. The number of amides is 1. The van der Waals surface area contributed by atoms with Crippen molar-refractivity contribution >= 4 is 28.4 Å². The van der Waals surface area contributed by atoms with Crippen molar-refractivity contribution in [1.29, 1.82) is 0 Å². The van der Waals surface area contributed by atoms with Crippen molar-refractivity contribution in [2.24, 2.45) is 5.73 Å². The lowest BCUT2D eigenvalue weighted by atomic mass is 10.1. The number of carbonyl (C=O) groups is 2. The quantitative estimate of drug-likeness (QED) is 0.724. The second-order valence-electron chi connectivity index (χ2n) is 4.39. The molecule has 1 unspecified atom stereocenters. The summed E-state index contributed by atoms with van der Waals surface area (Å²) in [5, 5.41) is 9.47. The molecule has 0 bridgehead atoms. The lowest BCUT2D eigenvalue weighted by molar-refractivity contribution is -0.119. The second-order valence-corrected chi connectivity index (χ2v) is 5.14. The van der Waals surface area contributed by atoms with E-state index in [4.69, 9.17) is 15.6 Å². The standard InChI is InChI=1S/C12H19N3O4S/c1-7-9(12(17)18)11(20-14-7)15(2)10(16)8(13)5-4-6-19-3/h8H,4-6,13H2,1-3H3,(H,17,18). The number of nitrogens with zero attached hydrogens (tertiary/aromatic N) is 2. The predicted molar refractivity (Wildman–Crippen MR) is 76.3 cm³/mol. The van der Waals surface area contributed by atoms with E-state index >= 15 is 0 Å². The molecule has 1 heterocycles. The number of carboxylic acids is 1. The number of carbonyl (C=O) groups excluding carboxylic acids is 1. The number of rotatable bonds is 7. The van der Waals surface area contributed by atoms with Gasteiger partial charge in [0.1, 0.15) is 10.6 Å². The van der Waals surface area contributed by atoms with Gasteiger partial charge in [0, 0.05) is 20.8 Å². The van der Waals surface area contributed by atoms with E-state index in [0.29, 0.717) is 30.1 Å². The Balaban J connectivity index is 2.81. The summed E-state index contributed by atoms with van der Waals surface area (Å²) >= 11 is 0.981. The van der Waals surface area contributed by atoms with Crippen LogP contribution in [0.1, 0.15) is 28.9 Å². The van der Waals surface area contributed by atoms with Crippen molar-refractivity contribution in [2.45, 2.75) is 25.8 Å². The SMILES string of the molecule is COCCCC(N)C(=O)N(C)c1snc(C)c1C(=O)O. The van der Waals surface area contributed by atoms with Crippen LogP contribution in [0.15, 0.2) is 0 Å². The highest BCUT2D eigenvalue weighted by molar-refractivity contribution is 7.11. The number of aryl methyl sites for hydroxylation is 1. The monoisotopic (exact) mass is 301 g/mol. The van der Waals surface area contributed by atoms with Crippen LogP contribution in [-0.4, -0.2) is 48.2 Å². The average Bonchev–Trinajstić information content (AvgIpc) is 2.79. The number of methoxy groups -OCH3 is 1. The molecule has 0 aromatic carbocycles. The molecule has 0 radical (unpaired) electrons. The van der Waals surface area contributed by atoms with Crippen molar-refractivity contribution in [3.05, 3.63) is 11.3 Å². The van der Waals surface area contributed by atoms with Gasteiger partial charge in [0.25, 0.3) is 0 Å². The van der Waals surface area contributed by atoms with Crippen LogP contribution in [0.25, 0.3) is 0 Å². The molecule has 20 heavy (non-hydrogen) atoms. The molecular formula is C12H19N3O4S. The van der Waals surface area contributed by atoms with Gasteiger partial charge in [-0.3, -0.25) is 4.79 Å². The van der Waals surface area contributed by atoms with Gasteiger partial charge in [-0.25, -0.2) is 4.79 Å². The number of ether oxygens (including phenoxy) is 1. The van der Waals surface area contributed by atoms with E-state index in [1.54, 1.807) is 14.0 Å². The van der Waals surface area contributed by atoms with E-state index in [1.165, 1.54) is 11.9 Å². The summed E-state index contributed by atoms with van der Waals surface area (Å²) in [5.41, 5.74) is 6.26. The van der Waals surface area contributed by atoms with Gasteiger partial charge in [0.2, 0.25) is 5.91 Å². The fraction of sp³-hybridized carbons (Fsp3) is 0.583. The highest BCUT2D eigenvalue weighted by atomic mass is 32.1. The van der Waals surface area contributed by atoms with Crippen molar-refractivity contribution in [3.63, 3.8) is 0 Å². The first-order chi connectivity index (χ1) is 9.40. The topological polar surface area (TPSA) is 106 Å². The van der Waals surface area contributed by atoms with Crippen LogP contribution in [0.2, 0.25) is 0 Å². The number of aromatic nitrogens is 1. The van der Waals surface area contributed by atoms with Gasteiger partial charge in [0.15, 0.2) is 0 Å². The largest absolute Gasteiger partial charge is 0.478 e. The Morgan fingerprint density at radius 1 is 1.55 bits per heavy atom. The van der Waals surface area contributed by atoms with Crippen molar-refractivity contribution < 1.29 is 19.4 Å². The fourth-order valence-electron chi connectivity index (χ4n) is 1.75. The number of hydrogen-bond donors (Lipinski definition) is 2. The number of anilines is 1. The molecule has 3 N–H and O–H groups in total. The molecule has 1 aromatic rings. The molecule has 1 aromatic heterocycles. The Morgan fingerprint density at radius 2 is 2.20 bits per heavy atom. The van der Waals surface area contributed by atoms with Crippen LogP contribution in [0.5, 0.6) is 0 Å². The van der Waals surface area contributed by atoms with Crippen LogP contribution in [-0.2, 0) is 9.53 Å². The molecule has 1 atom stereocenters. The molecule has 1 rings (SSSR count). The van der Waals surface area contributed by atoms with Crippen molar-refractivity contribution in [2.75, 3.05) is 25.7 Å². The summed E-state index contributed by atoms with van der Waals surface area (Å²) in [6.45, 7) is 2.13. The lowest BCUT2D eigenvalue weighted by Crippen LogP contribution is -2.42. The van der Waals surface area contributed by atoms with E-state index < -0.39 is 12.0 Å². The van der Waals surface area contributed by atoms with Gasteiger partial charge < -0.3 is 20.5 Å². The molecule has 112 valence electrons. The molecule has 0 fully saturated rings. The smallest absolute Gasteiger partial charge is 0.340 e. The first-order valence-electron chi connectivity index (χ1n) is 6.11. The summed E-state index contributed by atoms with van der Waals surface area (Å²) in [6.07, 6.45) is 1.15. The minimum atomic E-state index is -1.10. The van der Waals surface area contributed by atoms with E-state index in [-0.39, 0.29) is 11.5 Å². The zero-order valence-electron chi connectivity index (χ0n) is 11.8. The Hall–Kier alpha value is -1.51. The third-order valence-electron chi connectivity index (χ3n) is 2.87. The van der Waals surface area contributed by atoms with Crippen molar-refractivity contribution in [1.82, 2.24) is 4.37 Å². The van der Waals surface area contributed by atoms with Crippen LogP contribution >= 0.6 is 11.5 Å². The zero-order valence-corrected chi connectivity index (χ0v) is 12.6. The number of nitrogens with two attached hydrogens (primary N) is 1. The van der Waals surface area contributed by atoms with Gasteiger partial charge in [0.05, 0.1) is 11.7 Å². The normalized spacial score (nSPS) is 12.2. The highest BCUT2D eigenvalue weighted by Gasteiger charge is 2.26. The van der Waals surface area contributed by atoms with Gasteiger partial charge in [-0.05, 0) is 31.3 Å². The molecule has 0 aliphatic carbocycles. The average molecular weight is 301 g/mol. The van der Waals surface area contributed by atoms with E-state index in [0.717, 1.165) is 11.5 Å². The van der Waals surface area contributed by atoms with Crippen LogP contribution in [0.4, 0.5) is 5.00 Å². The molecule has 7 nitrogen and oxygen atoms in total. The molecule has 0 spiro atoms. The van der Waals surface area contributed by atoms with Crippen LogP contribution in [0.3, 0.4) is 0 Å².